The Hall–Kier alpha value is -1.60. The third-order valence-corrected chi connectivity index (χ3v) is 3.20. The second kappa shape index (κ2) is 7.10. The third kappa shape index (κ3) is 4.22. The lowest BCUT2D eigenvalue weighted by atomic mass is 10.7. The average molecular weight is 297 g/mol. The minimum atomic E-state index is 0.141. The summed E-state index contributed by atoms with van der Waals surface area (Å²) in [4.78, 5) is 12.3. The lowest BCUT2D eigenvalue weighted by Gasteiger charge is -2.06. The molecule has 19 heavy (non-hydrogen) atoms. The maximum atomic E-state index is 5.87. The Morgan fingerprint density at radius 2 is 2.32 bits per heavy atom. The van der Waals surface area contributed by atoms with Crippen molar-refractivity contribution < 1.29 is 0 Å². The summed E-state index contributed by atoms with van der Waals surface area (Å²) in [6.07, 6.45) is 5.27. The van der Waals surface area contributed by atoms with Gasteiger partial charge >= 0.3 is 0 Å². The fraction of sp³-hybridized carbons (Fsp3) is 0.273. The molecule has 0 saturated carbocycles. The molecular formula is C11H13ClN6S. The second-order valence-electron chi connectivity index (χ2n) is 3.47. The number of halogens is 1. The molecule has 2 aromatic rings. The van der Waals surface area contributed by atoms with Gasteiger partial charge in [-0.3, -0.25) is 0 Å². The van der Waals surface area contributed by atoms with Gasteiger partial charge in [-0.2, -0.15) is 31.8 Å². The van der Waals surface area contributed by atoms with Crippen LogP contribution in [0.5, 0.6) is 0 Å². The first-order chi connectivity index (χ1) is 9.29. The molecule has 0 bridgehead atoms. The smallest absolute Gasteiger partial charge is 0.256 e. The summed E-state index contributed by atoms with van der Waals surface area (Å²) in [6.45, 7) is 4.41. The van der Waals surface area contributed by atoms with Gasteiger partial charge in [0, 0.05) is 30.4 Å². The zero-order chi connectivity index (χ0) is 13.5. The normalized spacial score (nSPS) is 10.4. The van der Waals surface area contributed by atoms with Gasteiger partial charge in [-0.1, -0.05) is 6.08 Å². The van der Waals surface area contributed by atoms with E-state index in [0.717, 1.165) is 18.1 Å². The zero-order valence-electron chi connectivity index (χ0n) is 10.2. The van der Waals surface area contributed by atoms with E-state index in [1.807, 2.05) is 6.08 Å². The van der Waals surface area contributed by atoms with Crippen molar-refractivity contribution in [1.29, 1.82) is 0 Å². The van der Waals surface area contributed by atoms with Crippen molar-refractivity contribution in [2.24, 2.45) is 0 Å². The SMILES string of the molecule is C=CCSCCNc1nc(Cl)nc(-n2cccn2)n1. The molecule has 0 amide bonds. The van der Waals surface area contributed by atoms with E-state index in [1.54, 1.807) is 30.2 Å². The van der Waals surface area contributed by atoms with Crippen LogP contribution in [0.2, 0.25) is 5.28 Å². The van der Waals surface area contributed by atoms with Crippen molar-refractivity contribution in [3.8, 4) is 5.95 Å². The number of thioether (sulfide) groups is 1. The van der Waals surface area contributed by atoms with Gasteiger partial charge in [0.2, 0.25) is 11.2 Å². The second-order valence-corrected chi connectivity index (χ2v) is 4.96. The fourth-order valence-corrected chi connectivity index (χ4v) is 2.05. The van der Waals surface area contributed by atoms with Crippen molar-refractivity contribution in [3.63, 3.8) is 0 Å². The van der Waals surface area contributed by atoms with Crippen LogP contribution in [0.4, 0.5) is 5.95 Å². The summed E-state index contributed by atoms with van der Waals surface area (Å²) in [5, 5.41) is 7.30. The van der Waals surface area contributed by atoms with Gasteiger partial charge in [-0.15, -0.1) is 6.58 Å². The highest BCUT2D eigenvalue weighted by molar-refractivity contribution is 7.99. The Morgan fingerprint density at radius 3 is 3.05 bits per heavy atom. The molecule has 0 atom stereocenters. The van der Waals surface area contributed by atoms with Crippen LogP contribution in [0, 0.1) is 0 Å². The van der Waals surface area contributed by atoms with Gasteiger partial charge in [0.1, 0.15) is 0 Å². The van der Waals surface area contributed by atoms with Crippen LogP contribution in [-0.4, -0.2) is 42.8 Å². The van der Waals surface area contributed by atoms with E-state index in [9.17, 15) is 0 Å². The standard InChI is InChI=1S/C11H13ClN6S/c1-2-7-19-8-5-13-10-15-9(12)16-11(17-10)18-6-3-4-14-18/h2-4,6H,1,5,7-8H2,(H,13,15,16,17). The molecule has 0 unspecified atom stereocenters. The van der Waals surface area contributed by atoms with E-state index in [1.165, 1.54) is 4.68 Å². The molecule has 100 valence electrons. The maximum Gasteiger partial charge on any atom is 0.256 e. The minimum absolute atomic E-state index is 0.141. The Balaban J connectivity index is 1.99. The summed E-state index contributed by atoms with van der Waals surface area (Å²) in [5.41, 5.74) is 0. The summed E-state index contributed by atoms with van der Waals surface area (Å²) in [5.74, 6) is 2.71. The highest BCUT2D eigenvalue weighted by atomic mass is 35.5. The van der Waals surface area contributed by atoms with E-state index in [4.69, 9.17) is 11.6 Å². The molecule has 0 aliphatic carbocycles. The third-order valence-electron chi connectivity index (χ3n) is 2.07. The summed E-state index contributed by atoms with van der Waals surface area (Å²) < 4.78 is 1.53. The molecule has 2 aromatic heterocycles. The molecule has 2 rings (SSSR count). The van der Waals surface area contributed by atoms with E-state index in [2.05, 4.69) is 31.9 Å². The van der Waals surface area contributed by atoms with Gasteiger partial charge in [0.05, 0.1) is 0 Å². The first kappa shape index (κ1) is 13.8. The van der Waals surface area contributed by atoms with Crippen molar-refractivity contribution in [3.05, 3.63) is 36.4 Å². The van der Waals surface area contributed by atoms with Crippen LogP contribution in [-0.2, 0) is 0 Å². The number of anilines is 1. The minimum Gasteiger partial charge on any atom is -0.353 e. The molecule has 8 heteroatoms. The maximum absolute atomic E-state index is 5.87. The highest BCUT2D eigenvalue weighted by Crippen LogP contribution is 2.09. The van der Waals surface area contributed by atoms with E-state index >= 15 is 0 Å². The summed E-state index contributed by atoms with van der Waals surface area (Å²) in [7, 11) is 0. The van der Waals surface area contributed by atoms with E-state index < -0.39 is 0 Å². The van der Waals surface area contributed by atoms with Crippen molar-refractivity contribution in [1.82, 2.24) is 24.7 Å². The fourth-order valence-electron chi connectivity index (χ4n) is 1.31. The number of hydrogen-bond donors (Lipinski definition) is 1. The predicted molar refractivity (Wildman–Crippen MR) is 78.0 cm³/mol. The topological polar surface area (TPSA) is 68.5 Å². The van der Waals surface area contributed by atoms with E-state index in [0.29, 0.717) is 11.9 Å². The molecule has 0 aromatic carbocycles. The first-order valence-electron chi connectivity index (χ1n) is 5.63. The average Bonchev–Trinajstić information content (AvgIpc) is 2.92. The Labute approximate surface area is 120 Å². The molecule has 0 saturated heterocycles. The van der Waals surface area contributed by atoms with Crippen LogP contribution < -0.4 is 5.32 Å². The van der Waals surface area contributed by atoms with Gasteiger partial charge in [-0.05, 0) is 17.7 Å². The van der Waals surface area contributed by atoms with Crippen LogP contribution in [0.3, 0.4) is 0 Å². The van der Waals surface area contributed by atoms with Gasteiger partial charge in [0.15, 0.2) is 0 Å². The van der Waals surface area contributed by atoms with Gasteiger partial charge < -0.3 is 5.32 Å². The van der Waals surface area contributed by atoms with Crippen LogP contribution in [0.15, 0.2) is 31.1 Å². The molecule has 2 heterocycles. The quantitative estimate of drug-likeness (QED) is 0.623. The first-order valence-corrected chi connectivity index (χ1v) is 7.17. The molecule has 0 aliphatic rings. The Morgan fingerprint density at radius 1 is 1.42 bits per heavy atom. The molecule has 1 N–H and O–H groups in total. The van der Waals surface area contributed by atoms with Crippen molar-refractivity contribution in [2.75, 3.05) is 23.4 Å². The molecular weight excluding hydrogens is 284 g/mol. The van der Waals surface area contributed by atoms with Gasteiger partial charge in [0.25, 0.3) is 5.95 Å². The number of nitrogens with one attached hydrogen (secondary N) is 1. The Bertz CT molecular complexity index is 530. The van der Waals surface area contributed by atoms with Crippen LogP contribution in [0.25, 0.3) is 5.95 Å². The molecule has 0 radical (unpaired) electrons. The molecule has 0 aliphatic heterocycles. The molecule has 6 nitrogen and oxygen atoms in total. The number of hydrogen-bond acceptors (Lipinski definition) is 6. The number of nitrogens with zero attached hydrogens (tertiary/aromatic N) is 5. The predicted octanol–water partition coefficient (Wildman–Crippen LogP) is 2.04. The lowest BCUT2D eigenvalue weighted by Crippen LogP contribution is -2.11. The van der Waals surface area contributed by atoms with E-state index in [-0.39, 0.29) is 5.28 Å². The highest BCUT2D eigenvalue weighted by Gasteiger charge is 2.06. The number of rotatable bonds is 7. The zero-order valence-corrected chi connectivity index (χ0v) is 11.7. The summed E-state index contributed by atoms with van der Waals surface area (Å²) in [6, 6.07) is 1.79. The lowest BCUT2D eigenvalue weighted by molar-refractivity contribution is 0.796. The monoisotopic (exact) mass is 296 g/mol. The van der Waals surface area contributed by atoms with Crippen LogP contribution >= 0.6 is 23.4 Å². The largest absolute Gasteiger partial charge is 0.353 e. The van der Waals surface area contributed by atoms with Gasteiger partial charge in [-0.25, -0.2) is 4.68 Å². The van der Waals surface area contributed by atoms with Crippen LogP contribution in [0.1, 0.15) is 0 Å². The summed E-state index contributed by atoms with van der Waals surface area (Å²) >= 11 is 7.64. The molecule has 0 fully saturated rings. The number of aromatic nitrogens is 5. The van der Waals surface area contributed by atoms with Crippen molar-refractivity contribution in [2.45, 2.75) is 0 Å². The molecule has 0 spiro atoms. The Kier molecular flexibility index (Phi) is 5.17. The van der Waals surface area contributed by atoms with Crippen molar-refractivity contribution >= 4 is 29.3 Å².